The van der Waals surface area contributed by atoms with Gasteiger partial charge in [0.25, 0.3) is 0 Å². The normalized spacial score (nSPS) is 18.9. The third-order valence-corrected chi connectivity index (χ3v) is 7.30. The molecule has 0 unspecified atom stereocenters. The minimum atomic E-state index is -4.01. The predicted molar refractivity (Wildman–Crippen MR) is 125 cm³/mol. The molecule has 0 spiro atoms. The van der Waals surface area contributed by atoms with Crippen molar-refractivity contribution in [1.82, 2.24) is 15.0 Å². The number of alkyl halides is 1. The van der Waals surface area contributed by atoms with Crippen molar-refractivity contribution >= 4 is 26.9 Å². The van der Waals surface area contributed by atoms with E-state index in [2.05, 4.69) is 15.0 Å². The van der Waals surface area contributed by atoms with Crippen LogP contribution in [0.3, 0.4) is 0 Å². The van der Waals surface area contributed by atoms with Gasteiger partial charge >= 0.3 is 6.09 Å². The topological polar surface area (TPSA) is 97.4 Å². The molecule has 1 aromatic carbocycles. The van der Waals surface area contributed by atoms with Gasteiger partial charge in [-0.2, -0.15) is 0 Å². The van der Waals surface area contributed by atoms with E-state index in [9.17, 15) is 17.6 Å². The Morgan fingerprint density at radius 1 is 1.18 bits per heavy atom. The number of pyridine rings is 1. The molecule has 1 amide bonds. The van der Waals surface area contributed by atoms with Crippen LogP contribution in [-0.4, -0.2) is 43.4 Å². The number of hydrogen-bond donors (Lipinski definition) is 2. The average molecular weight is 478 g/mol. The SMILES string of the molecule is CC(C)(F)CNS(=O)(=O)c1c2c(cc3cnc(C4CC4)cc13)C[C@@H](NC(=O)OC(C)(C)C)C2. The van der Waals surface area contributed by atoms with Gasteiger partial charge in [0.2, 0.25) is 10.0 Å². The average Bonchev–Trinajstić information content (AvgIpc) is 3.43. The van der Waals surface area contributed by atoms with E-state index >= 15 is 0 Å². The monoisotopic (exact) mass is 477 g/mol. The second-order valence-electron chi connectivity index (χ2n) is 10.7. The number of sulfonamides is 1. The summed E-state index contributed by atoms with van der Waals surface area (Å²) in [5, 5.41) is 4.17. The van der Waals surface area contributed by atoms with Gasteiger partial charge in [-0.25, -0.2) is 22.3 Å². The molecule has 2 N–H and O–H groups in total. The van der Waals surface area contributed by atoms with Gasteiger partial charge in [-0.15, -0.1) is 0 Å². The van der Waals surface area contributed by atoms with E-state index in [-0.39, 0.29) is 17.5 Å². The summed E-state index contributed by atoms with van der Waals surface area (Å²) in [7, 11) is -4.01. The number of nitrogens with one attached hydrogen (secondary N) is 2. The second-order valence-corrected chi connectivity index (χ2v) is 12.4. The molecule has 1 atom stereocenters. The standard InChI is InChI=1S/C24H32FN3O4S/c1-23(2,3)32-22(29)28-17-9-15-8-16-12-26-20(14-6-7-14)11-19(16)21(18(15)10-17)33(30,31)27-13-24(4,5)25/h8,11-12,14,17,27H,6-7,9-10,13H2,1-5H3,(H,28,29)/t17-/m1/s1. The third-order valence-electron chi connectivity index (χ3n) is 5.78. The van der Waals surface area contributed by atoms with Crippen molar-refractivity contribution in [2.45, 2.75) is 88.4 Å². The number of ether oxygens (including phenoxy) is 1. The Kier molecular flexibility index (Phi) is 5.93. The van der Waals surface area contributed by atoms with Crippen LogP contribution >= 0.6 is 0 Å². The van der Waals surface area contributed by atoms with Crippen LogP contribution < -0.4 is 10.0 Å². The molecule has 7 nitrogen and oxygen atoms in total. The van der Waals surface area contributed by atoms with E-state index in [1.165, 1.54) is 13.8 Å². The van der Waals surface area contributed by atoms with Crippen molar-refractivity contribution in [3.8, 4) is 0 Å². The van der Waals surface area contributed by atoms with Crippen molar-refractivity contribution in [3.05, 3.63) is 35.2 Å². The van der Waals surface area contributed by atoms with E-state index in [1.54, 1.807) is 27.0 Å². The molecule has 1 saturated carbocycles. The van der Waals surface area contributed by atoms with Gasteiger partial charge < -0.3 is 10.1 Å². The molecule has 1 heterocycles. The zero-order chi connectivity index (χ0) is 24.2. The first-order valence-electron chi connectivity index (χ1n) is 11.3. The van der Waals surface area contributed by atoms with E-state index in [0.29, 0.717) is 29.7 Å². The largest absolute Gasteiger partial charge is 0.444 e. The summed E-state index contributed by atoms with van der Waals surface area (Å²) in [6, 6.07) is 3.51. The Balaban J connectivity index is 1.74. The number of alkyl carbamates (subject to hydrolysis) is 1. The first-order chi connectivity index (χ1) is 15.2. The fourth-order valence-electron chi connectivity index (χ4n) is 4.19. The molecule has 0 radical (unpaired) electrons. The quantitative estimate of drug-likeness (QED) is 0.652. The van der Waals surface area contributed by atoms with Gasteiger partial charge in [0, 0.05) is 41.2 Å². The predicted octanol–water partition coefficient (Wildman–Crippen LogP) is 4.13. The van der Waals surface area contributed by atoms with Gasteiger partial charge in [0.15, 0.2) is 0 Å². The van der Waals surface area contributed by atoms with E-state index in [1.807, 2.05) is 12.1 Å². The fourth-order valence-corrected chi connectivity index (χ4v) is 5.87. The lowest BCUT2D eigenvalue weighted by molar-refractivity contribution is 0.0506. The van der Waals surface area contributed by atoms with Gasteiger partial charge in [-0.1, -0.05) is 0 Å². The van der Waals surface area contributed by atoms with Crippen molar-refractivity contribution in [2.75, 3.05) is 6.54 Å². The summed E-state index contributed by atoms with van der Waals surface area (Å²) in [4.78, 5) is 17.0. The Bertz CT molecular complexity index is 1190. The molecule has 2 aliphatic rings. The molecule has 2 aliphatic carbocycles. The van der Waals surface area contributed by atoms with Crippen LogP contribution in [0, 0.1) is 0 Å². The highest BCUT2D eigenvalue weighted by Gasteiger charge is 2.34. The Morgan fingerprint density at radius 2 is 1.88 bits per heavy atom. The van der Waals surface area contributed by atoms with E-state index < -0.39 is 27.4 Å². The minimum absolute atomic E-state index is 0.164. The lowest BCUT2D eigenvalue weighted by Crippen LogP contribution is -2.39. The summed E-state index contributed by atoms with van der Waals surface area (Å²) in [6.07, 6.45) is 4.09. The number of carbonyl (C=O) groups excluding carboxylic acids is 1. The first kappa shape index (κ1) is 23.9. The molecule has 4 rings (SSSR count). The smallest absolute Gasteiger partial charge is 0.407 e. The summed E-state index contributed by atoms with van der Waals surface area (Å²) in [6.45, 7) is 7.69. The van der Waals surface area contributed by atoms with Crippen LogP contribution in [0.25, 0.3) is 10.8 Å². The molecule has 2 aromatic rings. The van der Waals surface area contributed by atoms with Gasteiger partial charge in [-0.05, 0) is 83.6 Å². The molecule has 0 saturated heterocycles. The molecular formula is C24H32FN3O4S. The van der Waals surface area contributed by atoms with E-state index in [0.717, 1.165) is 29.5 Å². The maximum absolute atomic E-state index is 14.1. The van der Waals surface area contributed by atoms with Crippen molar-refractivity contribution in [2.24, 2.45) is 0 Å². The molecule has 1 fully saturated rings. The van der Waals surface area contributed by atoms with Gasteiger partial charge in [-0.3, -0.25) is 4.98 Å². The van der Waals surface area contributed by atoms with Crippen LogP contribution in [0.4, 0.5) is 9.18 Å². The summed E-state index contributed by atoms with van der Waals surface area (Å²) < 4.78 is 48.9. The summed E-state index contributed by atoms with van der Waals surface area (Å²) in [5.74, 6) is 0.359. The fraction of sp³-hybridized carbons (Fsp3) is 0.583. The lowest BCUT2D eigenvalue weighted by atomic mass is 10.0. The maximum Gasteiger partial charge on any atom is 0.407 e. The van der Waals surface area contributed by atoms with Gasteiger partial charge in [0.1, 0.15) is 11.3 Å². The van der Waals surface area contributed by atoms with Crippen LogP contribution in [0.2, 0.25) is 0 Å². The van der Waals surface area contributed by atoms with E-state index in [4.69, 9.17) is 4.74 Å². The number of aromatic nitrogens is 1. The molecular weight excluding hydrogens is 445 g/mol. The number of rotatable bonds is 6. The molecule has 1 aromatic heterocycles. The number of halogens is 1. The van der Waals surface area contributed by atoms with Crippen LogP contribution in [0.5, 0.6) is 0 Å². The van der Waals surface area contributed by atoms with Crippen LogP contribution in [-0.2, 0) is 27.6 Å². The lowest BCUT2D eigenvalue weighted by Gasteiger charge is -2.21. The maximum atomic E-state index is 14.1. The first-order valence-corrected chi connectivity index (χ1v) is 12.8. The second kappa shape index (κ2) is 8.20. The number of hydrogen-bond acceptors (Lipinski definition) is 5. The number of fused-ring (bicyclic) bond motifs is 2. The van der Waals surface area contributed by atoms with Crippen molar-refractivity contribution < 1.29 is 22.3 Å². The summed E-state index contributed by atoms with van der Waals surface area (Å²) in [5.41, 5.74) is 0.0472. The number of amides is 1. The Labute approximate surface area is 194 Å². The van der Waals surface area contributed by atoms with Gasteiger partial charge in [0.05, 0.1) is 4.90 Å². The molecule has 9 heteroatoms. The summed E-state index contributed by atoms with van der Waals surface area (Å²) >= 11 is 0. The highest BCUT2D eigenvalue weighted by molar-refractivity contribution is 7.89. The number of carbonyl (C=O) groups is 1. The zero-order valence-electron chi connectivity index (χ0n) is 19.8. The van der Waals surface area contributed by atoms with Crippen molar-refractivity contribution in [1.29, 1.82) is 0 Å². The third kappa shape index (κ3) is 5.63. The number of nitrogens with zero attached hydrogens (tertiary/aromatic N) is 1. The Hall–Kier alpha value is -2.26. The number of benzene rings is 1. The molecule has 0 aliphatic heterocycles. The highest BCUT2D eigenvalue weighted by Crippen LogP contribution is 2.42. The molecule has 33 heavy (non-hydrogen) atoms. The molecule has 0 bridgehead atoms. The molecule has 180 valence electrons. The zero-order valence-corrected chi connectivity index (χ0v) is 20.6. The van der Waals surface area contributed by atoms with Crippen LogP contribution in [0.1, 0.15) is 70.2 Å². The van der Waals surface area contributed by atoms with Crippen LogP contribution in [0.15, 0.2) is 23.2 Å². The Morgan fingerprint density at radius 3 is 2.48 bits per heavy atom. The minimum Gasteiger partial charge on any atom is -0.444 e. The van der Waals surface area contributed by atoms with Crippen molar-refractivity contribution in [3.63, 3.8) is 0 Å². The highest BCUT2D eigenvalue weighted by atomic mass is 32.2.